The molecule has 4 atom stereocenters. The van der Waals surface area contributed by atoms with Crippen LogP contribution in [0.5, 0.6) is 0 Å². The number of carbonyl (C=O) groups excluding carboxylic acids is 1. The Bertz CT molecular complexity index is 727. The number of hydrogen-bond donors (Lipinski definition) is 2. The van der Waals surface area contributed by atoms with Crippen LogP contribution in [0.1, 0.15) is 76.8 Å². The molecular formula is C26H42N3O2+. The largest absolute Gasteiger partial charge is 0.389 e. The van der Waals surface area contributed by atoms with Gasteiger partial charge in [0.1, 0.15) is 6.04 Å². The first-order chi connectivity index (χ1) is 15.1. The normalized spacial score (nSPS) is 31.2. The molecule has 5 heteroatoms. The third kappa shape index (κ3) is 4.78. The van der Waals surface area contributed by atoms with E-state index >= 15 is 0 Å². The quantitative estimate of drug-likeness (QED) is 0.733. The maximum absolute atomic E-state index is 13.1. The van der Waals surface area contributed by atoms with Crippen LogP contribution >= 0.6 is 0 Å². The van der Waals surface area contributed by atoms with Crippen molar-refractivity contribution in [2.24, 2.45) is 5.92 Å². The molecule has 2 N–H and O–H groups in total. The first-order valence-corrected chi connectivity index (χ1v) is 12.8. The van der Waals surface area contributed by atoms with E-state index in [0.29, 0.717) is 12.5 Å². The van der Waals surface area contributed by atoms with Crippen molar-refractivity contribution < 1.29 is 14.8 Å². The fourth-order valence-electron chi connectivity index (χ4n) is 6.45. The van der Waals surface area contributed by atoms with Gasteiger partial charge in [0.2, 0.25) is 0 Å². The SMILES string of the molecule is CCN(CC)c1ccc([C@@H]2[C@H]3CCCC[C@]3(O)CC[NH+]2CC(=O)N2CCCCC2)cc1. The Morgan fingerprint density at radius 3 is 2.45 bits per heavy atom. The van der Waals surface area contributed by atoms with Gasteiger partial charge in [0.25, 0.3) is 5.91 Å². The monoisotopic (exact) mass is 428 g/mol. The van der Waals surface area contributed by atoms with Crippen molar-refractivity contribution in [3.8, 4) is 0 Å². The Morgan fingerprint density at radius 1 is 1.06 bits per heavy atom. The molecule has 2 saturated heterocycles. The van der Waals surface area contributed by atoms with Crippen LogP contribution < -0.4 is 9.80 Å². The summed E-state index contributed by atoms with van der Waals surface area (Å²) in [5.41, 5.74) is 2.00. The highest BCUT2D eigenvalue weighted by atomic mass is 16.3. The number of carbonyl (C=O) groups is 1. The first kappa shape index (κ1) is 22.6. The van der Waals surface area contributed by atoms with E-state index in [1.165, 1.54) is 29.0 Å². The van der Waals surface area contributed by atoms with Crippen LogP contribution in [0.2, 0.25) is 0 Å². The smallest absolute Gasteiger partial charge is 0.277 e. The molecule has 0 bridgehead atoms. The van der Waals surface area contributed by atoms with Crippen molar-refractivity contribution in [3.63, 3.8) is 0 Å². The number of piperidine rings is 2. The molecule has 0 aromatic heterocycles. The highest BCUT2D eigenvalue weighted by molar-refractivity contribution is 5.77. The summed E-state index contributed by atoms with van der Waals surface area (Å²) in [5.74, 6) is 0.555. The second-order valence-electron chi connectivity index (χ2n) is 9.97. The minimum absolute atomic E-state index is 0.207. The summed E-state index contributed by atoms with van der Waals surface area (Å²) >= 11 is 0. The number of quaternary nitrogens is 1. The van der Waals surface area contributed by atoms with Gasteiger partial charge < -0.3 is 19.8 Å². The third-order valence-corrected chi connectivity index (χ3v) is 8.25. The van der Waals surface area contributed by atoms with Gasteiger partial charge in [-0.2, -0.15) is 0 Å². The third-order valence-electron chi connectivity index (χ3n) is 8.25. The van der Waals surface area contributed by atoms with Crippen LogP contribution in [0.3, 0.4) is 0 Å². The summed E-state index contributed by atoms with van der Waals surface area (Å²) in [6.07, 6.45) is 8.65. The van der Waals surface area contributed by atoms with E-state index in [1.807, 2.05) is 0 Å². The van der Waals surface area contributed by atoms with Crippen LogP contribution in [0.4, 0.5) is 5.69 Å². The second kappa shape index (κ2) is 9.91. The molecular weight excluding hydrogens is 386 g/mol. The van der Waals surface area contributed by atoms with Crippen LogP contribution in [0.25, 0.3) is 0 Å². The predicted octanol–water partition coefficient (Wildman–Crippen LogP) is 2.80. The highest BCUT2D eigenvalue weighted by Gasteiger charge is 2.52. The van der Waals surface area contributed by atoms with Crippen molar-refractivity contribution in [1.29, 1.82) is 0 Å². The summed E-state index contributed by atoms with van der Waals surface area (Å²) in [6.45, 7) is 9.68. The average Bonchev–Trinajstić information content (AvgIpc) is 2.81. The Hall–Kier alpha value is -1.59. The Morgan fingerprint density at radius 2 is 1.77 bits per heavy atom. The first-order valence-electron chi connectivity index (χ1n) is 12.8. The topological polar surface area (TPSA) is 48.2 Å². The number of amides is 1. The van der Waals surface area contributed by atoms with E-state index in [2.05, 4.69) is 47.9 Å². The van der Waals surface area contributed by atoms with Crippen LogP contribution in [-0.2, 0) is 4.79 Å². The number of nitrogens with zero attached hydrogens (tertiary/aromatic N) is 2. The zero-order valence-electron chi connectivity index (χ0n) is 19.6. The molecule has 1 aromatic carbocycles. The van der Waals surface area contributed by atoms with Gasteiger partial charge in [-0.1, -0.05) is 25.0 Å². The molecule has 5 nitrogen and oxygen atoms in total. The number of nitrogens with one attached hydrogen (secondary N) is 1. The lowest BCUT2D eigenvalue weighted by atomic mass is 9.66. The lowest BCUT2D eigenvalue weighted by Gasteiger charge is -2.50. The molecule has 1 unspecified atom stereocenters. The molecule has 1 amide bonds. The number of hydrogen-bond acceptors (Lipinski definition) is 3. The van der Waals surface area contributed by atoms with E-state index in [0.717, 1.165) is 71.2 Å². The number of anilines is 1. The highest BCUT2D eigenvalue weighted by Crippen LogP contribution is 2.44. The van der Waals surface area contributed by atoms with Crippen LogP contribution in [0, 0.1) is 5.92 Å². The van der Waals surface area contributed by atoms with Crippen molar-refractivity contribution in [1.82, 2.24) is 4.90 Å². The predicted molar refractivity (Wildman–Crippen MR) is 125 cm³/mol. The summed E-state index contributed by atoms with van der Waals surface area (Å²) in [4.78, 5) is 19.0. The molecule has 2 heterocycles. The summed E-state index contributed by atoms with van der Waals surface area (Å²) in [6, 6.07) is 9.22. The number of aliphatic hydroxyl groups is 1. The number of likely N-dealkylation sites (tertiary alicyclic amines) is 2. The van der Waals surface area contributed by atoms with Crippen molar-refractivity contribution in [3.05, 3.63) is 29.8 Å². The summed E-state index contributed by atoms with van der Waals surface area (Å²) < 4.78 is 0. The lowest BCUT2D eigenvalue weighted by molar-refractivity contribution is -0.938. The minimum atomic E-state index is -0.557. The van der Waals surface area contributed by atoms with Gasteiger partial charge in [-0.05, 0) is 58.1 Å². The van der Waals surface area contributed by atoms with Crippen LogP contribution in [0.15, 0.2) is 24.3 Å². The van der Waals surface area contributed by atoms with E-state index < -0.39 is 5.60 Å². The fourth-order valence-corrected chi connectivity index (χ4v) is 6.45. The van der Waals surface area contributed by atoms with Crippen molar-refractivity contribution in [2.45, 2.75) is 76.9 Å². The van der Waals surface area contributed by atoms with Gasteiger partial charge in [-0.25, -0.2) is 0 Å². The van der Waals surface area contributed by atoms with E-state index in [-0.39, 0.29) is 12.0 Å². The number of fused-ring (bicyclic) bond motifs is 1. The van der Waals surface area contributed by atoms with E-state index in [4.69, 9.17) is 0 Å². The second-order valence-corrected chi connectivity index (χ2v) is 9.97. The van der Waals surface area contributed by atoms with Crippen molar-refractivity contribution in [2.75, 3.05) is 44.2 Å². The molecule has 172 valence electrons. The zero-order chi connectivity index (χ0) is 21.8. The Balaban J connectivity index is 1.58. The Kier molecular flexibility index (Phi) is 7.22. The number of benzene rings is 1. The number of rotatable bonds is 6. The molecule has 4 rings (SSSR count). The summed E-state index contributed by atoms with van der Waals surface area (Å²) in [5, 5.41) is 11.5. The molecule has 1 aromatic rings. The maximum atomic E-state index is 13.1. The maximum Gasteiger partial charge on any atom is 0.277 e. The van der Waals surface area contributed by atoms with E-state index in [1.54, 1.807) is 0 Å². The van der Waals surface area contributed by atoms with Crippen molar-refractivity contribution >= 4 is 11.6 Å². The van der Waals surface area contributed by atoms with E-state index in [9.17, 15) is 9.90 Å². The molecule has 1 aliphatic carbocycles. The molecule has 0 radical (unpaired) electrons. The minimum Gasteiger partial charge on any atom is -0.389 e. The summed E-state index contributed by atoms with van der Waals surface area (Å²) in [7, 11) is 0. The molecule has 2 aliphatic heterocycles. The standard InChI is InChI=1S/C26H41N3O2/c1-3-27(4-2)22-13-11-21(12-14-22)25-23-10-6-7-15-26(23,31)16-19-29(25)20-24(30)28-17-8-5-9-18-28/h11-14,23,25,31H,3-10,15-20H2,1-2H3/p+1/t23-,25-,26+/m1/s1. The van der Waals surface area contributed by atoms with Gasteiger partial charge in [-0.15, -0.1) is 0 Å². The molecule has 0 spiro atoms. The van der Waals surface area contributed by atoms with Gasteiger partial charge >= 0.3 is 0 Å². The Labute approximate surface area is 188 Å². The van der Waals surface area contributed by atoms with Gasteiger partial charge in [0, 0.05) is 49.8 Å². The molecule has 1 saturated carbocycles. The molecule has 31 heavy (non-hydrogen) atoms. The lowest BCUT2D eigenvalue weighted by Crippen LogP contribution is -3.16. The molecule has 3 aliphatic rings. The van der Waals surface area contributed by atoms with Gasteiger partial charge in [0.05, 0.1) is 12.1 Å². The zero-order valence-corrected chi connectivity index (χ0v) is 19.6. The average molecular weight is 429 g/mol. The van der Waals surface area contributed by atoms with Gasteiger partial charge in [-0.3, -0.25) is 4.79 Å². The van der Waals surface area contributed by atoms with Crippen LogP contribution in [-0.4, -0.2) is 60.8 Å². The molecule has 3 fully saturated rings. The fraction of sp³-hybridized carbons (Fsp3) is 0.731. The van der Waals surface area contributed by atoms with Gasteiger partial charge in [0.15, 0.2) is 6.54 Å².